The van der Waals surface area contributed by atoms with Crippen molar-refractivity contribution in [1.29, 1.82) is 0 Å². The van der Waals surface area contributed by atoms with Crippen LogP contribution in [-0.2, 0) is 11.2 Å². The fourth-order valence-electron chi connectivity index (χ4n) is 4.53. The molecule has 7 N–H and O–H groups in total. The van der Waals surface area contributed by atoms with Crippen molar-refractivity contribution in [2.75, 3.05) is 12.3 Å². The van der Waals surface area contributed by atoms with Crippen molar-refractivity contribution in [2.24, 2.45) is 0 Å². The first kappa shape index (κ1) is 23.7. The van der Waals surface area contributed by atoms with Gasteiger partial charge in [-0.2, -0.15) is 0 Å². The summed E-state index contributed by atoms with van der Waals surface area (Å²) in [5, 5.41) is 50.4. The molecule has 1 heterocycles. The number of anilines is 1. The van der Waals surface area contributed by atoms with Crippen LogP contribution in [-0.4, -0.2) is 62.2 Å². The molecule has 5 atom stereocenters. The second kappa shape index (κ2) is 9.82. The van der Waals surface area contributed by atoms with Gasteiger partial charge < -0.3 is 36.0 Å². The van der Waals surface area contributed by atoms with E-state index >= 15 is 0 Å². The van der Waals surface area contributed by atoms with Crippen molar-refractivity contribution in [3.8, 4) is 11.8 Å². The number of nitrogen functional groups attached to an aromatic ring is 1. The third kappa shape index (κ3) is 5.22. The van der Waals surface area contributed by atoms with Crippen molar-refractivity contribution in [3.05, 3.63) is 64.7 Å². The van der Waals surface area contributed by atoms with E-state index in [1.54, 1.807) is 12.1 Å². The predicted molar refractivity (Wildman–Crippen MR) is 123 cm³/mol. The number of aliphatic hydroxyl groups excluding tert-OH is 4. The van der Waals surface area contributed by atoms with Crippen LogP contribution in [0.3, 0.4) is 0 Å². The topological polar surface area (TPSA) is 136 Å². The van der Waals surface area contributed by atoms with E-state index in [2.05, 4.69) is 11.8 Å². The van der Waals surface area contributed by atoms with Crippen LogP contribution in [0.4, 0.5) is 5.69 Å². The zero-order valence-electron chi connectivity index (χ0n) is 18.4. The van der Waals surface area contributed by atoms with Crippen molar-refractivity contribution in [3.63, 3.8) is 0 Å². The Morgan fingerprint density at radius 1 is 0.970 bits per heavy atom. The van der Waals surface area contributed by atoms with E-state index in [-0.39, 0.29) is 0 Å². The molecule has 4 rings (SSSR count). The highest BCUT2D eigenvalue weighted by atomic mass is 16.5. The van der Waals surface area contributed by atoms with Crippen molar-refractivity contribution < 1.29 is 30.3 Å². The molecule has 1 saturated heterocycles. The molecule has 0 unspecified atom stereocenters. The molecule has 176 valence electrons. The summed E-state index contributed by atoms with van der Waals surface area (Å²) in [4.78, 5) is 0. The maximum atomic E-state index is 10.4. The lowest BCUT2D eigenvalue weighted by atomic mass is 9.89. The molecule has 0 aromatic heterocycles. The summed E-state index contributed by atoms with van der Waals surface area (Å²) in [5.41, 5.74) is 9.17. The third-order valence-electron chi connectivity index (χ3n) is 6.61. The zero-order valence-corrected chi connectivity index (χ0v) is 18.4. The molecular formula is C26H31NO6. The van der Waals surface area contributed by atoms with Gasteiger partial charge in [-0.3, -0.25) is 0 Å². The molecular weight excluding hydrogens is 422 g/mol. The Hall–Kier alpha value is -2.44. The Balaban J connectivity index is 1.50. The van der Waals surface area contributed by atoms with Gasteiger partial charge in [0.25, 0.3) is 0 Å². The van der Waals surface area contributed by atoms with Crippen LogP contribution in [0.5, 0.6) is 0 Å². The van der Waals surface area contributed by atoms with Gasteiger partial charge in [0.05, 0.1) is 6.61 Å². The highest BCUT2D eigenvalue weighted by Crippen LogP contribution is 2.34. The van der Waals surface area contributed by atoms with Crippen LogP contribution in [0.25, 0.3) is 0 Å². The molecule has 0 radical (unpaired) electrons. The molecule has 0 bridgehead atoms. The van der Waals surface area contributed by atoms with Crippen LogP contribution >= 0.6 is 0 Å². The van der Waals surface area contributed by atoms with Crippen LogP contribution in [0.15, 0.2) is 42.5 Å². The first-order valence-corrected chi connectivity index (χ1v) is 11.3. The second-order valence-electron chi connectivity index (χ2n) is 9.07. The summed E-state index contributed by atoms with van der Waals surface area (Å²) in [7, 11) is 0. The average Bonchev–Trinajstić information content (AvgIpc) is 3.25. The van der Waals surface area contributed by atoms with E-state index in [0.29, 0.717) is 17.7 Å². The maximum Gasteiger partial charge on any atom is 0.125 e. The molecule has 7 nitrogen and oxygen atoms in total. The fourth-order valence-corrected chi connectivity index (χ4v) is 4.53. The molecule has 1 aliphatic heterocycles. The number of aliphatic hydroxyl groups is 5. The number of benzene rings is 2. The fraction of sp³-hybridized carbons (Fsp3) is 0.462. The van der Waals surface area contributed by atoms with Crippen molar-refractivity contribution >= 4 is 5.69 Å². The third-order valence-corrected chi connectivity index (χ3v) is 6.61. The van der Waals surface area contributed by atoms with Gasteiger partial charge in [0.15, 0.2) is 0 Å². The van der Waals surface area contributed by atoms with Gasteiger partial charge in [-0.25, -0.2) is 0 Å². The van der Waals surface area contributed by atoms with E-state index in [4.69, 9.17) is 10.5 Å². The quantitative estimate of drug-likeness (QED) is 0.301. The van der Waals surface area contributed by atoms with Gasteiger partial charge in [0.2, 0.25) is 0 Å². The van der Waals surface area contributed by atoms with Crippen LogP contribution in [0, 0.1) is 11.8 Å². The Labute approximate surface area is 193 Å². The second-order valence-corrected chi connectivity index (χ2v) is 9.07. The number of ether oxygens (including phenoxy) is 1. The van der Waals surface area contributed by atoms with Crippen molar-refractivity contribution in [1.82, 2.24) is 0 Å². The Bertz CT molecular complexity index is 1020. The lowest BCUT2D eigenvalue weighted by Crippen LogP contribution is -2.55. The first-order chi connectivity index (χ1) is 15.8. The summed E-state index contributed by atoms with van der Waals surface area (Å²) >= 11 is 0. The van der Waals surface area contributed by atoms with Crippen LogP contribution in [0.2, 0.25) is 0 Å². The smallest absolute Gasteiger partial charge is 0.125 e. The normalized spacial score (nSPS) is 28.8. The monoisotopic (exact) mass is 453 g/mol. The number of hydrogen-bond donors (Lipinski definition) is 6. The lowest BCUT2D eigenvalue weighted by molar-refractivity contribution is -0.231. The highest BCUT2D eigenvalue weighted by molar-refractivity contribution is 5.51. The number of rotatable bonds is 4. The predicted octanol–water partition coefficient (Wildman–Crippen LogP) is 1.03. The van der Waals surface area contributed by atoms with Gasteiger partial charge in [-0.15, -0.1) is 0 Å². The molecule has 7 heteroatoms. The van der Waals surface area contributed by atoms with E-state index in [0.717, 1.165) is 42.4 Å². The van der Waals surface area contributed by atoms with Crippen LogP contribution in [0.1, 0.15) is 54.0 Å². The highest BCUT2D eigenvalue weighted by Gasteiger charge is 2.44. The van der Waals surface area contributed by atoms with Gasteiger partial charge in [0, 0.05) is 11.3 Å². The summed E-state index contributed by atoms with van der Waals surface area (Å²) < 4.78 is 5.67. The van der Waals surface area contributed by atoms with Gasteiger partial charge in [-0.05, 0) is 67.0 Å². The molecule has 2 aromatic rings. The summed E-state index contributed by atoms with van der Waals surface area (Å²) in [6, 6.07) is 13.0. The molecule has 33 heavy (non-hydrogen) atoms. The Kier molecular flexibility index (Phi) is 7.05. The minimum absolute atomic E-state index is 0.476. The molecule has 1 aliphatic carbocycles. The Morgan fingerprint density at radius 2 is 1.67 bits per heavy atom. The summed E-state index contributed by atoms with van der Waals surface area (Å²) in [6.07, 6.45) is -2.04. The van der Waals surface area contributed by atoms with Crippen LogP contribution < -0.4 is 5.73 Å². The minimum atomic E-state index is -1.43. The SMILES string of the molecule is Nc1ccc([C@@H]2O[C@H](CO)[C@@H](O)[C@H](O)[C@H]2O)cc1Cc1ccc(C#CC2(O)CCCC2)cc1. The average molecular weight is 454 g/mol. The van der Waals surface area contributed by atoms with Crippen molar-refractivity contribution in [2.45, 2.75) is 68.2 Å². The largest absolute Gasteiger partial charge is 0.398 e. The van der Waals surface area contributed by atoms with E-state index in [1.165, 1.54) is 0 Å². The maximum absolute atomic E-state index is 10.4. The molecule has 2 aliphatic rings. The van der Waals surface area contributed by atoms with E-state index in [1.807, 2.05) is 30.3 Å². The first-order valence-electron chi connectivity index (χ1n) is 11.3. The molecule has 2 aromatic carbocycles. The molecule has 2 fully saturated rings. The van der Waals surface area contributed by atoms with Gasteiger partial charge in [0.1, 0.15) is 36.1 Å². The number of hydrogen-bond acceptors (Lipinski definition) is 7. The summed E-state index contributed by atoms with van der Waals surface area (Å²) in [5.74, 6) is 6.08. The minimum Gasteiger partial charge on any atom is -0.398 e. The Morgan fingerprint density at radius 3 is 2.33 bits per heavy atom. The van der Waals surface area contributed by atoms with Gasteiger partial charge >= 0.3 is 0 Å². The number of nitrogens with two attached hydrogens (primary N) is 1. The lowest BCUT2D eigenvalue weighted by Gasteiger charge is -2.40. The summed E-state index contributed by atoms with van der Waals surface area (Å²) in [6.45, 7) is -0.476. The zero-order chi connectivity index (χ0) is 23.6. The van der Waals surface area contributed by atoms with E-state index < -0.39 is 42.7 Å². The molecule has 0 spiro atoms. The molecule has 0 amide bonds. The standard InChI is InChI=1S/C26H31NO6/c27-20-8-7-18(25-24(31)23(30)22(29)21(15-28)33-25)14-19(20)13-17-5-3-16(4-6-17)9-12-26(32)10-1-2-11-26/h3-8,14,21-25,28-32H,1-2,10-11,13,15,27H2/t21-,22-,23+,24-,25+/m1/s1. The van der Waals surface area contributed by atoms with E-state index in [9.17, 15) is 25.5 Å². The van der Waals surface area contributed by atoms with Gasteiger partial charge in [-0.1, -0.05) is 36.1 Å². The molecule has 1 saturated carbocycles.